The second-order valence-corrected chi connectivity index (χ2v) is 5.53. The summed E-state index contributed by atoms with van der Waals surface area (Å²) in [5.41, 5.74) is 0. The number of aliphatic carboxylic acids is 2. The Bertz CT molecular complexity index is 356. The van der Waals surface area contributed by atoms with Crippen molar-refractivity contribution >= 4 is 21.8 Å². The Morgan fingerprint density at radius 3 is 2.21 bits per heavy atom. The fourth-order valence-electron chi connectivity index (χ4n) is 1.62. The van der Waals surface area contributed by atoms with Crippen LogP contribution in [0.4, 0.5) is 0 Å². The van der Waals surface area contributed by atoms with Crippen molar-refractivity contribution in [3.05, 3.63) is 0 Å². The molecule has 0 aliphatic carbocycles. The van der Waals surface area contributed by atoms with E-state index in [1.54, 1.807) is 0 Å². The first kappa shape index (κ1) is 11.0. The molecule has 80 valence electrons. The minimum Gasteiger partial charge on any atom is -0.481 e. The van der Waals surface area contributed by atoms with Crippen LogP contribution in [0.5, 0.6) is 0 Å². The minimum atomic E-state index is -3.38. The summed E-state index contributed by atoms with van der Waals surface area (Å²) in [6, 6.07) is 0. The van der Waals surface area contributed by atoms with E-state index in [1.165, 1.54) is 0 Å². The van der Waals surface area contributed by atoms with E-state index in [-0.39, 0.29) is 5.75 Å². The highest BCUT2D eigenvalue weighted by molar-refractivity contribution is 7.91. The van der Waals surface area contributed by atoms with Crippen molar-refractivity contribution in [3.8, 4) is 0 Å². The van der Waals surface area contributed by atoms with Gasteiger partial charge in [0.2, 0.25) is 0 Å². The molecule has 0 spiro atoms. The number of hydrogen-bond acceptors (Lipinski definition) is 4. The maximum absolute atomic E-state index is 11.1. The third kappa shape index (κ3) is 2.44. The number of carboxylic acids is 2. The van der Waals surface area contributed by atoms with Crippen molar-refractivity contribution in [1.82, 2.24) is 0 Å². The largest absolute Gasteiger partial charge is 0.481 e. The molecule has 0 bridgehead atoms. The minimum absolute atomic E-state index is 0.337. The maximum atomic E-state index is 11.1. The van der Waals surface area contributed by atoms with Gasteiger partial charge in [0, 0.05) is 6.42 Å². The molecule has 0 aromatic rings. The summed E-state index contributed by atoms with van der Waals surface area (Å²) >= 11 is 0. The normalized spacial score (nSPS) is 30.0. The standard InChI is InChI=1S/C7H10O6S/c8-6(9)1-4-2-14(12,13)3-5(4)7(10)11/h4-5H,1-3H2,(H,8,9)(H,10,11)/t4-,5-/m1/s1. The van der Waals surface area contributed by atoms with Crippen molar-refractivity contribution in [2.24, 2.45) is 11.8 Å². The van der Waals surface area contributed by atoms with E-state index in [2.05, 4.69) is 0 Å². The van der Waals surface area contributed by atoms with Crippen LogP contribution in [-0.4, -0.2) is 42.1 Å². The molecule has 0 amide bonds. The number of carbonyl (C=O) groups is 2. The van der Waals surface area contributed by atoms with Crippen LogP contribution in [-0.2, 0) is 19.4 Å². The van der Waals surface area contributed by atoms with Crippen LogP contribution in [0, 0.1) is 11.8 Å². The Hall–Kier alpha value is -1.11. The van der Waals surface area contributed by atoms with E-state index in [9.17, 15) is 18.0 Å². The molecule has 1 heterocycles. The zero-order chi connectivity index (χ0) is 10.9. The molecule has 1 fully saturated rings. The van der Waals surface area contributed by atoms with Gasteiger partial charge in [0.25, 0.3) is 0 Å². The van der Waals surface area contributed by atoms with Crippen LogP contribution in [0.25, 0.3) is 0 Å². The van der Waals surface area contributed by atoms with Crippen LogP contribution in [0.2, 0.25) is 0 Å². The highest BCUT2D eigenvalue weighted by Crippen LogP contribution is 2.28. The molecular weight excluding hydrogens is 212 g/mol. The number of hydrogen-bond donors (Lipinski definition) is 2. The second kappa shape index (κ2) is 3.56. The van der Waals surface area contributed by atoms with Gasteiger partial charge in [-0.15, -0.1) is 0 Å². The zero-order valence-electron chi connectivity index (χ0n) is 7.21. The summed E-state index contributed by atoms with van der Waals surface area (Å²) in [7, 11) is -3.38. The molecule has 2 atom stereocenters. The van der Waals surface area contributed by atoms with Gasteiger partial charge in [-0.05, 0) is 5.92 Å². The molecule has 0 aromatic carbocycles. The van der Waals surface area contributed by atoms with Crippen LogP contribution < -0.4 is 0 Å². The summed E-state index contributed by atoms with van der Waals surface area (Å²) in [4.78, 5) is 21.0. The second-order valence-electron chi connectivity index (χ2n) is 3.38. The third-order valence-corrected chi connectivity index (χ3v) is 4.03. The van der Waals surface area contributed by atoms with Gasteiger partial charge in [-0.1, -0.05) is 0 Å². The lowest BCUT2D eigenvalue weighted by molar-refractivity contribution is -0.143. The molecule has 0 radical (unpaired) electrons. The summed E-state index contributed by atoms with van der Waals surface area (Å²) in [6.45, 7) is 0. The third-order valence-electron chi connectivity index (χ3n) is 2.22. The fourth-order valence-corrected chi connectivity index (χ4v) is 3.72. The molecule has 14 heavy (non-hydrogen) atoms. The molecule has 0 saturated carbocycles. The van der Waals surface area contributed by atoms with Crippen LogP contribution in [0.1, 0.15) is 6.42 Å². The summed E-state index contributed by atoms with van der Waals surface area (Å²) in [5.74, 6) is -5.06. The summed E-state index contributed by atoms with van der Waals surface area (Å²) < 4.78 is 22.2. The number of rotatable bonds is 3. The molecule has 7 heteroatoms. The van der Waals surface area contributed by atoms with E-state index < -0.39 is 45.8 Å². The Morgan fingerprint density at radius 2 is 1.79 bits per heavy atom. The first-order valence-corrected chi connectivity index (χ1v) is 5.79. The van der Waals surface area contributed by atoms with Crippen molar-refractivity contribution < 1.29 is 28.2 Å². The quantitative estimate of drug-likeness (QED) is 0.647. The van der Waals surface area contributed by atoms with Gasteiger partial charge < -0.3 is 10.2 Å². The number of sulfone groups is 1. The SMILES string of the molecule is O=C(O)C[C@@H]1CS(=O)(=O)C[C@H]1C(=O)O. The molecule has 0 aromatic heterocycles. The van der Waals surface area contributed by atoms with Crippen LogP contribution >= 0.6 is 0 Å². The lowest BCUT2D eigenvalue weighted by Crippen LogP contribution is -2.23. The van der Waals surface area contributed by atoms with Crippen molar-refractivity contribution in [2.45, 2.75) is 6.42 Å². The van der Waals surface area contributed by atoms with Gasteiger partial charge in [0.1, 0.15) is 0 Å². The maximum Gasteiger partial charge on any atom is 0.307 e. The predicted molar refractivity (Wildman–Crippen MR) is 45.5 cm³/mol. The van der Waals surface area contributed by atoms with Crippen LogP contribution in [0.15, 0.2) is 0 Å². The highest BCUT2D eigenvalue weighted by Gasteiger charge is 2.42. The van der Waals surface area contributed by atoms with E-state index in [1.807, 2.05) is 0 Å². The first-order valence-electron chi connectivity index (χ1n) is 3.97. The number of carboxylic acid groups (broad SMARTS) is 2. The highest BCUT2D eigenvalue weighted by atomic mass is 32.2. The Morgan fingerprint density at radius 1 is 1.21 bits per heavy atom. The van der Waals surface area contributed by atoms with Crippen molar-refractivity contribution in [3.63, 3.8) is 0 Å². The van der Waals surface area contributed by atoms with Crippen molar-refractivity contribution in [1.29, 1.82) is 0 Å². The average Bonchev–Trinajstić information content (AvgIpc) is 2.24. The fraction of sp³-hybridized carbons (Fsp3) is 0.714. The lowest BCUT2D eigenvalue weighted by Gasteiger charge is -2.10. The Kier molecular flexibility index (Phi) is 2.79. The summed E-state index contributed by atoms with van der Waals surface area (Å²) in [5, 5.41) is 17.1. The molecule has 2 N–H and O–H groups in total. The topological polar surface area (TPSA) is 109 Å². The van der Waals surface area contributed by atoms with Crippen molar-refractivity contribution in [2.75, 3.05) is 11.5 Å². The van der Waals surface area contributed by atoms with Gasteiger partial charge in [-0.3, -0.25) is 9.59 Å². The molecule has 6 nitrogen and oxygen atoms in total. The van der Waals surface area contributed by atoms with Gasteiger partial charge in [-0.25, -0.2) is 8.42 Å². The molecule has 1 aliphatic heterocycles. The van der Waals surface area contributed by atoms with E-state index in [0.29, 0.717) is 0 Å². The van der Waals surface area contributed by atoms with Crippen LogP contribution in [0.3, 0.4) is 0 Å². The molecule has 0 unspecified atom stereocenters. The smallest absolute Gasteiger partial charge is 0.307 e. The first-order chi connectivity index (χ1) is 6.32. The van der Waals surface area contributed by atoms with E-state index >= 15 is 0 Å². The lowest BCUT2D eigenvalue weighted by atomic mass is 9.93. The van der Waals surface area contributed by atoms with E-state index in [4.69, 9.17) is 10.2 Å². The van der Waals surface area contributed by atoms with E-state index in [0.717, 1.165) is 0 Å². The van der Waals surface area contributed by atoms with Gasteiger partial charge in [-0.2, -0.15) is 0 Å². The Balaban J connectivity index is 2.83. The van der Waals surface area contributed by atoms with Gasteiger partial charge >= 0.3 is 11.9 Å². The molecule has 1 rings (SSSR count). The monoisotopic (exact) mass is 222 g/mol. The predicted octanol–water partition coefficient (Wildman–Crippen LogP) is -0.793. The summed E-state index contributed by atoms with van der Waals surface area (Å²) in [6.07, 6.45) is -0.407. The molecule has 1 aliphatic rings. The average molecular weight is 222 g/mol. The molecular formula is C7H10O6S. The zero-order valence-corrected chi connectivity index (χ0v) is 8.03. The molecule has 1 saturated heterocycles. The van der Waals surface area contributed by atoms with Gasteiger partial charge in [0.05, 0.1) is 17.4 Å². The van der Waals surface area contributed by atoms with Gasteiger partial charge in [0.15, 0.2) is 9.84 Å². The Labute approximate surface area is 80.5 Å².